The van der Waals surface area contributed by atoms with Crippen LogP contribution in [0.3, 0.4) is 0 Å². The number of nitriles is 1. The summed E-state index contributed by atoms with van der Waals surface area (Å²) in [4.78, 5) is 11.8. The number of nitrogens with zero attached hydrogens (tertiary/aromatic N) is 1. The van der Waals surface area contributed by atoms with Crippen molar-refractivity contribution in [3.63, 3.8) is 0 Å². The standard InChI is InChI=1S/C16H20N2O2/c1-12(14-4-2-3-5-14)18-16(19)11-20-15-8-6-13(10-17)7-9-15/h6-9,12,14H,2-5,11H2,1H3,(H,18,19). The average Bonchev–Trinajstić information content (AvgIpc) is 3.00. The number of benzene rings is 1. The number of carbonyl (C=O) groups is 1. The Morgan fingerprint density at radius 3 is 2.65 bits per heavy atom. The SMILES string of the molecule is CC(NC(=O)COc1ccc(C#N)cc1)C1CCCC1. The van der Waals surface area contributed by atoms with Gasteiger partial charge in [0.15, 0.2) is 6.61 Å². The monoisotopic (exact) mass is 272 g/mol. The summed E-state index contributed by atoms with van der Waals surface area (Å²) in [5, 5.41) is 11.7. The molecule has 106 valence electrons. The van der Waals surface area contributed by atoms with Crippen molar-refractivity contribution in [2.24, 2.45) is 5.92 Å². The fourth-order valence-electron chi connectivity index (χ4n) is 2.65. The van der Waals surface area contributed by atoms with Gasteiger partial charge in [0.1, 0.15) is 5.75 Å². The fraction of sp³-hybridized carbons (Fsp3) is 0.500. The van der Waals surface area contributed by atoms with E-state index in [1.54, 1.807) is 24.3 Å². The van der Waals surface area contributed by atoms with E-state index in [1.165, 1.54) is 25.7 Å². The number of ether oxygens (including phenoxy) is 1. The molecule has 1 fully saturated rings. The summed E-state index contributed by atoms with van der Waals surface area (Å²) in [7, 11) is 0. The van der Waals surface area contributed by atoms with E-state index in [9.17, 15) is 4.79 Å². The van der Waals surface area contributed by atoms with Gasteiger partial charge in [0.25, 0.3) is 5.91 Å². The van der Waals surface area contributed by atoms with Crippen LogP contribution in [-0.4, -0.2) is 18.6 Å². The van der Waals surface area contributed by atoms with Gasteiger partial charge >= 0.3 is 0 Å². The molecule has 0 aromatic heterocycles. The van der Waals surface area contributed by atoms with E-state index in [1.807, 2.05) is 6.07 Å². The first-order chi connectivity index (χ1) is 9.69. The zero-order valence-corrected chi connectivity index (χ0v) is 11.8. The van der Waals surface area contributed by atoms with Crippen molar-refractivity contribution in [2.75, 3.05) is 6.61 Å². The first-order valence-electron chi connectivity index (χ1n) is 7.11. The number of hydrogen-bond acceptors (Lipinski definition) is 3. The zero-order chi connectivity index (χ0) is 14.4. The predicted octanol–water partition coefficient (Wildman–Crippen LogP) is 2.63. The summed E-state index contributed by atoms with van der Waals surface area (Å²) >= 11 is 0. The minimum atomic E-state index is -0.0891. The first-order valence-corrected chi connectivity index (χ1v) is 7.11. The van der Waals surface area contributed by atoms with Gasteiger partial charge in [0.05, 0.1) is 11.6 Å². The maximum atomic E-state index is 11.8. The van der Waals surface area contributed by atoms with Crippen LogP contribution in [0.1, 0.15) is 38.2 Å². The molecule has 4 heteroatoms. The minimum absolute atomic E-state index is 0.0168. The Morgan fingerprint density at radius 1 is 1.40 bits per heavy atom. The molecule has 4 nitrogen and oxygen atoms in total. The zero-order valence-electron chi connectivity index (χ0n) is 11.8. The van der Waals surface area contributed by atoms with E-state index in [2.05, 4.69) is 12.2 Å². The third-order valence-corrected chi connectivity index (χ3v) is 3.85. The predicted molar refractivity (Wildman–Crippen MR) is 76.2 cm³/mol. The minimum Gasteiger partial charge on any atom is -0.484 e. The third kappa shape index (κ3) is 3.99. The van der Waals surface area contributed by atoms with E-state index in [4.69, 9.17) is 10.00 Å². The van der Waals surface area contributed by atoms with E-state index in [0.29, 0.717) is 17.2 Å². The van der Waals surface area contributed by atoms with Gasteiger partial charge in [0.2, 0.25) is 0 Å². The summed E-state index contributed by atoms with van der Waals surface area (Å²) in [6.45, 7) is 2.08. The molecule has 0 heterocycles. The summed E-state index contributed by atoms with van der Waals surface area (Å²) in [6.07, 6.45) is 4.95. The van der Waals surface area contributed by atoms with Crippen molar-refractivity contribution in [1.82, 2.24) is 5.32 Å². The number of carbonyl (C=O) groups excluding carboxylic acids is 1. The molecule has 1 aliphatic carbocycles. The highest BCUT2D eigenvalue weighted by molar-refractivity contribution is 5.77. The lowest BCUT2D eigenvalue weighted by Gasteiger charge is -2.20. The summed E-state index contributed by atoms with van der Waals surface area (Å²) in [5.41, 5.74) is 0.580. The van der Waals surface area contributed by atoms with Gasteiger partial charge in [-0.25, -0.2) is 0 Å². The topological polar surface area (TPSA) is 62.1 Å². The Labute approximate surface area is 119 Å². The van der Waals surface area contributed by atoms with Gasteiger partial charge in [-0.05, 0) is 49.9 Å². The van der Waals surface area contributed by atoms with Crippen molar-refractivity contribution in [2.45, 2.75) is 38.6 Å². The van der Waals surface area contributed by atoms with Gasteiger partial charge in [-0.1, -0.05) is 12.8 Å². The van der Waals surface area contributed by atoms with Crippen LogP contribution in [0.15, 0.2) is 24.3 Å². The maximum absolute atomic E-state index is 11.8. The van der Waals surface area contributed by atoms with E-state index in [-0.39, 0.29) is 18.6 Å². The molecule has 2 rings (SSSR count). The highest BCUT2D eigenvalue weighted by Crippen LogP contribution is 2.27. The molecule has 1 N–H and O–H groups in total. The van der Waals surface area contributed by atoms with Crippen LogP contribution in [0, 0.1) is 17.2 Å². The number of hydrogen-bond donors (Lipinski definition) is 1. The van der Waals surface area contributed by atoms with E-state index < -0.39 is 0 Å². The van der Waals surface area contributed by atoms with Gasteiger partial charge < -0.3 is 10.1 Å². The van der Waals surface area contributed by atoms with Gasteiger partial charge in [-0.3, -0.25) is 4.79 Å². The van der Waals surface area contributed by atoms with Crippen LogP contribution in [0.4, 0.5) is 0 Å². The van der Waals surface area contributed by atoms with Crippen LogP contribution >= 0.6 is 0 Å². The largest absolute Gasteiger partial charge is 0.484 e. The summed E-state index contributed by atoms with van der Waals surface area (Å²) in [6, 6.07) is 9.01. The van der Waals surface area contributed by atoms with E-state index in [0.717, 1.165) is 0 Å². The second-order valence-corrected chi connectivity index (χ2v) is 5.33. The molecule has 1 aliphatic rings. The van der Waals surface area contributed by atoms with Crippen LogP contribution in [-0.2, 0) is 4.79 Å². The fourth-order valence-corrected chi connectivity index (χ4v) is 2.65. The molecule has 20 heavy (non-hydrogen) atoms. The lowest BCUT2D eigenvalue weighted by Crippen LogP contribution is -2.39. The van der Waals surface area contributed by atoms with Gasteiger partial charge in [-0.15, -0.1) is 0 Å². The molecule has 1 aromatic rings. The number of amides is 1. The molecule has 1 saturated carbocycles. The number of nitrogens with one attached hydrogen (secondary N) is 1. The molecular weight excluding hydrogens is 252 g/mol. The molecule has 0 saturated heterocycles. The molecule has 1 aromatic carbocycles. The van der Waals surface area contributed by atoms with Crippen LogP contribution in [0.5, 0.6) is 5.75 Å². The molecule has 0 radical (unpaired) electrons. The Morgan fingerprint density at radius 2 is 2.05 bits per heavy atom. The lowest BCUT2D eigenvalue weighted by atomic mass is 10.00. The Bertz CT molecular complexity index is 484. The highest BCUT2D eigenvalue weighted by atomic mass is 16.5. The van der Waals surface area contributed by atoms with E-state index >= 15 is 0 Å². The molecule has 0 spiro atoms. The second-order valence-electron chi connectivity index (χ2n) is 5.33. The Hall–Kier alpha value is -2.02. The lowest BCUT2D eigenvalue weighted by molar-refractivity contribution is -0.124. The molecule has 1 unspecified atom stereocenters. The maximum Gasteiger partial charge on any atom is 0.258 e. The van der Waals surface area contributed by atoms with Crippen molar-refractivity contribution in [1.29, 1.82) is 5.26 Å². The van der Waals surface area contributed by atoms with Crippen molar-refractivity contribution in [3.8, 4) is 11.8 Å². The normalized spacial score (nSPS) is 16.4. The van der Waals surface area contributed by atoms with Gasteiger partial charge in [-0.2, -0.15) is 5.26 Å². The second kappa shape index (κ2) is 6.95. The summed E-state index contributed by atoms with van der Waals surface area (Å²) in [5.74, 6) is 1.12. The van der Waals surface area contributed by atoms with Crippen molar-refractivity contribution >= 4 is 5.91 Å². The van der Waals surface area contributed by atoms with Crippen molar-refractivity contribution < 1.29 is 9.53 Å². The molecule has 0 bridgehead atoms. The summed E-state index contributed by atoms with van der Waals surface area (Å²) < 4.78 is 5.41. The third-order valence-electron chi connectivity index (χ3n) is 3.85. The average molecular weight is 272 g/mol. The first kappa shape index (κ1) is 14.4. The Kier molecular flexibility index (Phi) is 5.00. The van der Waals surface area contributed by atoms with Crippen LogP contribution < -0.4 is 10.1 Å². The Balaban J connectivity index is 1.75. The molecule has 0 aliphatic heterocycles. The van der Waals surface area contributed by atoms with Gasteiger partial charge in [0, 0.05) is 6.04 Å². The number of rotatable bonds is 5. The molecule has 1 amide bonds. The molecular formula is C16H20N2O2. The van der Waals surface area contributed by atoms with Crippen LogP contribution in [0.25, 0.3) is 0 Å². The smallest absolute Gasteiger partial charge is 0.258 e. The highest BCUT2D eigenvalue weighted by Gasteiger charge is 2.22. The van der Waals surface area contributed by atoms with Crippen LogP contribution in [0.2, 0.25) is 0 Å². The molecule has 1 atom stereocenters. The quantitative estimate of drug-likeness (QED) is 0.896. The van der Waals surface area contributed by atoms with Crippen molar-refractivity contribution in [3.05, 3.63) is 29.8 Å².